The van der Waals surface area contributed by atoms with Gasteiger partial charge >= 0.3 is 5.97 Å². The van der Waals surface area contributed by atoms with Crippen LogP contribution >= 0.6 is 0 Å². The van der Waals surface area contributed by atoms with Crippen LogP contribution in [0.5, 0.6) is 0 Å². The van der Waals surface area contributed by atoms with Gasteiger partial charge in [-0.25, -0.2) is 9.48 Å². The topological polar surface area (TPSA) is 142 Å². The van der Waals surface area contributed by atoms with Crippen molar-refractivity contribution in [1.82, 2.24) is 20.2 Å². The van der Waals surface area contributed by atoms with Crippen LogP contribution in [0.25, 0.3) is 0 Å². The molecule has 1 aliphatic rings. The highest BCUT2D eigenvalue weighted by Gasteiger charge is 2.46. The first-order chi connectivity index (χ1) is 7.04. The number of rotatable bonds is 1. The number of carboxylic acid groups (broad SMARTS) is 1. The molecule has 4 N–H and O–H groups in total. The number of aliphatic hydroxyl groups excluding tert-OH is 3. The van der Waals surface area contributed by atoms with Crippen LogP contribution in [0.3, 0.4) is 0 Å². The molecule has 0 saturated carbocycles. The lowest BCUT2D eigenvalue weighted by Gasteiger charge is -2.31. The Balaban J connectivity index is 2.51. The first-order valence-electron chi connectivity index (χ1n) is 4.09. The average Bonchev–Trinajstić information content (AvgIpc) is 2.62. The summed E-state index contributed by atoms with van der Waals surface area (Å²) in [4.78, 5) is 10.8. The number of carboxylic acids is 1. The Bertz CT molecular complexity index is 393. The number of aromatic nitrogens is 4. The van der Waals surface area contributed by atoms with Gasteiger partial charge in [0.25, 0.3) is 0 Å². The van der Waals surface area contributed by atoms with Crippen LogP contribution in [-0.2, 0) is 4.79 Å². The lowest BCUT2D eigenvalue weighted by Crippen LogP contribution is -2.48. The van der Waals surface area contributed by atoms with E-state index in [9.17, 15) is 20.1 Å². The van der Waals surface area contributed by atoms with Gasteiger partial charge in [-0.05, 0) is 10.4 Å². The first kappa shape index (κ1) is 9.96. The molecular formula is C6H8N4O5. The Morgan fingerprint density at radius 1 is 1.27 bits per heavy atom. The zero-order valence-corrected chi connectivity index (χ0v) is 7.30. The van der Waals surface area contributed by atoms with Gasteiger partial charge in [-0.3, -0.25) is 0 Å². The number of aliphatic hydroxyl groups is 3. The quantitative estimate of drug-likeness (QED) is 0.390. The largest absolute Gasteiger partial charge is 0.480 e. The fraction of sp³-hybridized carbons (Fsp3) is 0.667. The zero-order chi connectivity index (χ0) is 11.2. The van der Waals surface area contributed by atoms with Gasteiger partial charge in [-0.1, -0.05) is 0 Å². The highest BCUT2D eigenvalue weighted by Crippen LogP contribution is 2.29. The molecule has 82 valence electrons. The molecule has 4 atom stereocenters. The molecule has 0 bridgehead atoms. The maximum Gasteiger partial charge on any atom is 0.331 e. The predicted molar refractivity (Wildman–Crippen MR) is 41.5 cm³/mol. The second-order valence-corrected chi connectivity index (χ2v) is 3.19. The van der Waals surface area contributed by atoms with Crippen molar-refractivity contribution in [3.8, 4) is 0 Å². The summed E-state index contributed by atoms with van der Waals surface area (Å²) in [5.74, 6) is -1.57. The lowest BCUT2D eigenvalue weighted by molar-refractivity contribution is -0.157. The molecule has 0 radical (unpaired) electrons. The molecule has 0 fully saturated rings. The molecule has 15 heavy (non-hydrogen) atoms. The molecule has 9 heteroatoms. The fourth-order valence-corrected chi connectivity index (χ4v) is 1.51. The minimum atomic E-state index is -1.66. The van der Waals surface area contributed by atoms with Crippen molar-refractivity contribution in [3.63, 3.8) is 0 Å². The number of carbonyl (C=O) groups is 1. The average molecular weight is 216 g/mol. The SMILES string of the molecule is O=C(O)[C@@H]1[C@@H](O)[C@H](O)[C@@H](O)c2nnnn21. The van der Waals surface area contributed by atoms with Gasteiger partial charge in [-0.15, -0.1) is 5.10 Å². The number of hydrogen-bond donors (Lipinski definition) is 4. The van der Waals surface area contributed by atoms with Gasteiger partial charge in [0.1, 0.15) is 18.3 Å². The van der Waals surface area contributed by atoms with Crippen molar-refractivity contribution >= 4 is 5.97 Å². The maximum absolute atomic E-state index is 10.8. The van der Waals surface area contributed by atoms with Crippen LogP contribution in [0.4, 0.5) is 0 Å². The Labute approximate surface area is 82.6 Å². The third-order valence-corrected chi connectivity index (χ3v) is 2.30. The van der Waals surface area contributed by atoms with Crippen LogP contribution in [0.2, 0.25) is 0 Å². The normalized spacial score (nSPS) is 34.9. The summed E-state index contributed by atoms with van der Waals surface area (Å²) in [5.41, 5.74) is 0. The van der Waals surface area contributed by atoms with Crippen molar-refractivity contribution in [1.29, 1.82) is 0 Å². The van der Waals surface area contributed by atoms with Crippen molar-refractivity contribution in [3.05, 3.63) is 5.82 Å². The predicted octanol–water partition coefficient (Wildman–Crippen LogP) is -2.93. The molecule has 1 aromatic heterocycles. The highest BCUT2D eigenvalue weighted by molar-refractivity contribution is 5.73. The molecule has 0 amide bonds. The van der Waals surface area contributed by atoms with Crippen molar-refractivity contribution in [2.24, 2.45) is 0 Å². The Morgan fingerprint density at radius 3 is 2.53 bits per heavy atom. The molecule has 0 spiro atoms. The van der Waals surface area contributed by atoms with Crippen molar-refractivity contribution in [2.45, 2.75) is 24.4 Å². The Hall–Kier alpha value is -1.58. The molecule has 2 rings (SSSR count). The number of hydrogen-bond acceptors (Lipinski definition) is 7. The van der Waals surface area contributed by atoms with E-state index in [1.54, 1.807) is 0 Å². The molecule has 0 aromatic carbocycles. The second-order valence-electron chi connectivity index (χ2n) is 3.19. The number of tetrazole rings is 1. The first-order valence-corrected chi connectivity index (χ1v) is 4.09. The summed E-state index contributed by atoms with van der Waals surface area (Å²) >= 11 is 0. The van der Waals surface area contributed by atoms with Crippen LogP contribution in [0.1, 0.15) is 18.0 Å². The van der Waals surface area contributed by atoms with Gasteiger partial charge in [0.2, 0.25) is 0 Å². The Morgan fingerprint density at radius 2 is 1.93 bits per heavy atom. The Kier molecular flexibility index (Phi) is 2.14. The summed E-state index contributed by atoms with van der Waals surface area (Å²) in [6.45, 7) is 0. The minimum absolute atomic E-state index is 0.180. The van der Waals surface area contributed by atoms with Crippen LogP contribution in [0, 0.1) is 0 Å². The van der Waals surface area contributed by atoms with E-state index in [1.165, 1.54) is 0 Å². The van der Waals surface area contributed by atoms with E-state index in [0.717, 1.165) is 4.68 Å². The number of aliphatic carboxylic acids is 1. The highest BCUT2D eigenvalue weighted by atomic mass is 16.4. The molecule has 0 saturated heterocycles. The zero-order valence-electron chi connectivity index (χ0n) is 7.30. The second kappa shape index (κ2) is 3.22. The monoisotopic (exact) mass is 216 g/mol. The van der Waals surface area contributed by atoms with Gasteiger partial charge in [0.05, 0.1) is 0 Å². The third-order valence-electron chi connectivity index (χ3n) is 2.30. The minimum Gasteiger partial charge on any atom is -0.480 e. The summed E-state index contributed by atoms with van der Waals surface area (Å²) in [6.07, 6.45) is -4.77. The molecule has 2 heterocycles. The maximum atomic E-state index is 10.8. The summed E-state index contributed by atoms with van der Waals surface area (Å²) < 4.78 is 0.782. The summed E-state index contributed by atoms with van der Waals surface area (Å²) in [6, 6.07) is -1.49. The van der Waals surface area contributed by atoms with E-state index in [4.69, 9.17) is 5.11 Å². The molecule has 0 aliphatic carbocycles. The van der Waals surface area contributed by atoms with Crippen LogP contribution in [0.15, 0.2) is 0 Å². The van der Waals surface area contributed by atoms with Crippen LogP contribution < -0.4 is 0 Å². The molecular weight excluding hydrogens is 208 g/mol. The molecule has 1 aliphatic heterocycles. The van der Waals surface area contributed by atoms with Gasteiger partial charge in [-0.2, -0.15) is 0 Å². The lowest BCUT2D eigenvalue weighted by atomic mass is 9.96. The third kappa shape index (κ3) is 1.28. The van der Waals surface area contributed by atoms with E-state index in [0.29, 0.717) is 0 Å². The van der Waals surface area contributed by atoms with E-state index in [2.05, 4.69) is 15.5 Å². The fourth-order valence-electron chi connectivity index (χ4n) is 1.51. The van der Waals surface area contributed by atoms with E-state index in [1.807, 2.05) is 0 Å². The van der Waals surface area contributed by atoms with E-state index in [-0.39, 0.29) is 5.82 Å². The molecule has 1 aromatic rings. The summed E-state index contributed by atoms with van der Waals surface area (Å²) in [7, 11) is 0. The number of fused-ring (bicyclic) bond motifs is 1. The van der Waals surface area contributed by atoms with Gasteiger partial charge in [0, 0.05) is 0 Å². The standard InChI is InChI=1S/C6H8N4O5/c11-2-1(6(14)15)10-5(7-8-9-10)4(13)3(2)12/h1-4,11-13H,(H,14,15)/t1-,2+,3-,4+/m0/s1. The smallest absolute Gasteiger partial charge is 0.331 e. The number of nitrogens with zero attached hydrogens (tertiary/aromatic N) is 4. The van der Waals surface area contributed by atoms with E-state index < -0.39 is 30.3 Å². The van der Waals surface area contributed by atoms with Gasteiger partial charge < -0.3 is 20.4 Å². The molecule has 0 unspecified atom stereocenters. The van der Waals surface area contributed by atoms with Crippen molar-refractivity contribution in [2.75, 3.05) is 0 Å². The molecule has 9 nitrogen and oxygen atoms in total. The van der Waals surface area contributed by atoms with Crippen molar-refractivity contribution < 1.29 is 25.2 Å². The van der Waals surface area contributed by atoms with E-state index >= 15 is 0 Å². The summed E-state index contributed by atoms with van der Waals surface area (Å²) in [5, 5.41) is 46.9. The van der Waals surface area contributed by atoms with Crippen LogP contribution in [-0.4, -0.2) is 58.8 Å². The van der Waals surface area contributed by atoms with Gasteiger partial charge in [0.15, 0.2) is 11.9 Å².